The molecule has 0 aliphatic carbocycles. The molecule has 3 rings (SSSR count). The van der Waals surface area contributed by atoms with Crippen molar-refractivity contribution in [3.8, 4) is 10.4 Å². The molecule has 3 heteroatoms. The van der Waals surface area contributed by atoms with Gasteiger partial charge in [0.15, 0.2) is 0 Å². The molecule has 0 saturated carbocycles. The second-order valence-electron chi connectivity index (χ2n) is 3.28. The van der Waals surface area contributed by atoms with Crippen LogP contribution in [0, 0.1) is 5.82 Å². The van der Waals surface area contributed by atoms with Gasteiger partial charge in [0.1, 0.15) is 5.82 Å². The molecule has 2 heterocycles. The van der Waals surface area contributed by atoms with Gasteiger partial charge in [-0.3, -0.25) is 0 Å². The first-order valence-electron chi connectivity index (χ1n) is 5.13. The van der Waals surface area contributed by atoms with E-state index in [1.54, 1.807) is 34.8 Å². The van der Waals surface area contributed by atoms with E-state index in [1.165, 1.54) is 17.0 Å². The average molecular weight is 262 g/mol. The Hall–Kier alpha value is -1.45. The molecule has 0 N–H and O–H groups in total. The fourth-order valence-corrected chi connectivity index (χ4v) is 2.47. The summed E-state index contributed by atoms with van der Waals surface area (Å²) in [5.74, 6) is -0.185. The maximum atomic E-state index is 12.5. The van der Waals surface area contributed by atoms with Crippen molar-refractivity contribution >= 4 is 22.7 Å². The molecule has 0 aliphatic rings. The number of hydrogen-bond acceptors (Lipinski definition) is 2. The van der Waals surface area contributed by atoms with Crippen molar-refractivity contribution in [2.24, 2.45) is 0 Å². The van der Waals surface area contributed by atoms with Gasteiger partial charge in [-0.1, -0.05) is 30.3 Å². The summed E-state index contributed by atoms with van der Waals surface area (Å²) in [5.41, 5.74) is 1.08. The highest BCUT2D eigenvalue weighted by Crippen LogP contribution is 2.24. The molecule has 3 aromatic rings. The highest BCUT2D eigenvalue weighted by atomic mass is 32.1. The Morgan fingerprint density at radius 2 is 1.47 bits per heavy atom. The summed E-state index contributed by atoms with van der Waals surface area (Å²) < 4.78 is 12.5. The van der Waals surface area contributed by atoms with Gasteiger partial charge < -0.3 is 0 Å². The molecule has 0 unspecified atom stereocenters. The Balaban J connectivity index is 0.000000181. The molecule has 0 fully saturated rings. The molecule has 2 aromatic heterocycles. The molecular weight excluding hydrogens is 251 g/mol. The summed E-state index contributed by atoms with van der Waals surface area (Å²) in [6.07, 6.45) is 0. The third-order valence-corrected chi connectivity index (χ3v) is 3.62. The molecule has 0 radical (unpaired) electrons. The van der Waals surface area contributed by atoms with Gasteiger partial charge in [-0.05, 0) is 39.9 Å². The topological polar surface area (TPSA) is 0 Å². The quantitative estimate of drug-likeness (QED) is 0.558. The zero-order valence-corrected chi connectivity index (χ0v) is 10.7. The van der Waals surface area contributed by atoms with Crippen LogP contribution in [0.1, 0.15) is 0 Å². The lowest BCUT2D eigenvalue weighted by molar-refractivity contribution is 0.628. The second kappa shape index (κ2) is 6.33. The Morgan fingerprint density at radius 3 is 1.94 bits per heavy atom. The molecule has 0 bridgehead atoms. The summed E-state index contributed by atoms with van der Waals surface area (Å²) in [7, 11) is 0. The predicted molar refractivity (Wildman–Crippen MR) is 74.0 cm³/mol. The molecule has 0 nitrogen and oxygen atoms in total. The maximum absolute atomic E-state index is 12.5. The highest BCUT2D eigenvalue weighted by molar-refractivity contribution is 7.13. The molecule has 0 saturated heterocycles. The Morgan fingerprint density at radius 1 is 0.765 bits per heavy atom. The number of rotatable bonds is 1. The Kier molecular flexibility index (Phi) is 4.47. The highest BCUT2D eigenvalue weighted by Gasteiger charge is 1.96. The summed E-state index contributed by atoms with van der Waals surface area (Å²) in [6.45, 7) is 0. The number of thiophene rings is 2. The van der Waals surface area contributed by atoms with E-state index < -0.39 is 0 Å². The van der Waals surface area contributed by atoms with Gasteiger partial charge in [-0.15, -0.1) is 11.3 Å². The lowest BCUT2D eigenvalue weighted by atomic mass is 10.2. The lowest BCUT2D eigenvalue weighted by Crippen LogP contribution is -1.73. The van der Waals surface area contributed by atoms with E-state index in [-0.39, 0.29) is 5.82 Å². The van der Waals surface area contributed by atoms with Gasteiger partial charge in [0.2, 0.25) is 0 Å². The monoisotopic (exact) mass is 262 g/mol. The largest absolute Gasteiger partial charge is 0.207 e. The van der Waals surface area contributed by atoms with Crippen molar-refractivity contribution in [2.75, 3.05) is 0 Å². The van der Waals surface area contributed by atoms with Crippen LogP contribution in [0.2, 0.25) is 0 Å². The minimum absolute atomic E-state index is 0.185. The van der Waals surface area contributed by atoms with E-state index >= 15 is 0 Å². The first-order chi connectivity index (χ1) is 8.36. The Bertz CT molecular complexity index is 493. The van der Waals surface area contributed by atoms with E-state index in [9.17, 15) is 4.39 Å². The van der Waals surface area contributed by atoms with Crippen LogP contribution in [0.25, 0.3) is 10.4 Å². The van der Waals surface area contributed by atoms with Crippen LogP contribution in [0.15, 0.2) is 64.7 Å². The molecular formula is C14H11FS2. The normalized spacial score (nSPS) is 9.47. The van der Waals surface area contributed by atoms with Gasteiger partial charge in [-0.2, -0.15) is 11.3 Å². The number of halogens is 1. The van der Waals surface area contributed by atoms with E-state index in [0.29, 0.717) is 0 Å². The van der Waals surface area contributed by atoms with Gasteiger partial charge in [-0.25, -0.2) is 4.39 Å². The minimum atomic E-state index is -0.185. The molecule has 86 valence electrons. The van der Waals surface area contributed by atoms with Crippen molar-refractivity contribution in [1.29, 1.82) is 0 Å². The molecule has 0 spiro atoms. The van der Waals surface area contributed by atoms with Crippen LogP contribution in [-0.4, -0.2) is 0 Å². The summed E-state index contributed by atoms with van der Waals surface area (Å²) >= 11 is 3.37. The smallest absolute Gasteiger partial charge is 0.123 e. The summed E-state index contributed by atoms with van der Waals surface area (Å²) in [5, 5.41) is 6.10. The van der Waals surface area contributed by atoms with Crippen molar-refractivity contribution in [2.45, 2.75) is 0 Å². The van der Waals surface area contributed by atoms with Crippen molar-refractivity contribution in [3.63, 3.8) is 0 Å². The van der Waals surface area contributed by atoms with Crippen LogP contribution < -0.4 is 0 Å². The van der Waals surface area contributed by atoms with Crippen LogP contribution in [0.5, 0.6) is 0 Å². The fraction of sp³-hybridized carbons (Fsp3) is 0. The minimum Gasteiger partial charge on any atom is -0.207 e. The third-order valence-electron chi connectivity index (χ3n) is 2.08. The average Bonchev–Trinajstić information content (AvgIpc) is 3.06. The Labute approximate surface area is 108 Å². The molecule has 0 aliphatic heterocycles. The third kappa shape index (κ3) is 3.80. The first-order valence-corrected chi connectivity index (χ1v) is 6.95. The van der Waals surface area contributed by atoms with Crippen LogP contribution >= 0.6 is 22.7 Å². The van der Waals surface area contributed by atoms with Crippen LogP contribution in [0.4, 0.5) is 4.39 Å². The van der Waals surface area contributed by atoms with Crippen molar-refractivity contribution < 1.29 is 4.39 Å². The van der Waals surface area contributed by atoms with Crippen LogP contribution in [0.3, 0.4) is 0 Å². The zero-order chi connectivity index (χ0) is 11.9. The number of benzene rings is 1. The van der Waals surface area contributed by atoms with Gasteiger partial charge in [0, 0.05) is 4.88 Å². The first kappa shape index (κ1) is 12.0. The summed E-state index contributed by atoms with van der Waals surface area (Å²) in [6, 6.07) is 14.6. The molecule has 17 heavy (non-hydrogen) atoms. The van der Waals surface area contributed by atoms with E-state index in [1.807, 2.05) is 40.4 Å². The van der Waals surface area contributed by atoms with E-state index in [0.717, 1.165) is 5.56 Å². The second-order valence-corrected chi connectivity index (χ2v) is 5.04. The van der Waals surface area contributed by atoms with E-state index in [2.05, 4.69) is 0 Å². The van der Waals surface area contributed by atoms with Gasteiger partial charge in [0.25, 0.3) is 0 Å². The van der Waals surface area contributed by atoms with E-state index in [4.69, 9.17) is 0 Å². The fourth-order valence-electron chi connectivity index (χ4n) is 1.28. The van der Waals surface area contributed by atoms with Gasteiger partial charge >= 0.3 is 0 Å². The van der Waals surface area contributed by atoms with Crippen LogP contribution in [-0.2, 0) is 0 Å². The number of hydrogen-bond donors (Lipinski definition) is 0. The van der Waals surface area contributed by atoms with Crippen molar-refractivity contribution in [3.05, 3.63) is 70.5 Å². The predicted octanol–water partition coefficient (Wildman–Crippen LogP) is 5.30. The summed E-state index contributed by atoms with van der Waals surface area (Å²) in [4.78, 5) is 1.18. The maximum Gasteiger partial charge on any atom is 0.123 e. The molecule has 0 amide bonds. The molecule has 0 atom stereocenters. The zero-order valence-electron chi connectivity index (χ0n) is 9.05. The lowest BCUT2D eigenvalue weighted by Gasteiger charge is -1.94. The van der Waals surface area contributed by atoms with Gasteiger partial charge in [0.05, 0.1) is 0 Å². The molecule has 1 aromatic carbocycles. The standard InChI is InChI=1S/C10H7FS.C4H4S/c11-9-5-3-8(4-6-9)10-2-1-7-12-10;1-2-4-5-3-1/h1-7H;1-4H. The SMILES string of the molecule is Fc1ccc(-c2cccs2)cc1.c1ccsc1. The van der Waals surface area contributed by atoms with Crippen molar-refractivity contribution in [1.82, 2.24) is 0 Å².